The zero-order valence-corrected chi connectivity index (χ0v) is 13.3. The van der Waals surface area contributed by atoms with Crippen LogP contribution in [0.15, 0.2) is 4.52 Å². The normalized spacial score (nSPS) is 25.5. The third kappa shape index (κ3) is 4.04. The van der Waals surface area contributed by atoms with Crippen molar-refractivity contribution < 1.29 is 18.1 Å². The minimum Gasteiger partial charge on any atom is -0.342 e. The van der Waals surface area contributed by atoms with Crippen LogP contribution in [-0.4, -0.2) is 57.9 Å². The number of likely N-dealkylation sites (tertiary alicyclic amines) is 2. The summed E-state index contributed by atoms with van der Waals surface area (Å²) in [5, 5.41) is 3.76. The van der Waals surface area contributed by atoms with Gasteiger partial charge in [0.25, 0.3) is 5.92 Å². The summed E-state index contributed by atoms with van der Waals surface area (Å²) in [4.78, 5) is 20.5. The van der Waals surface area contributed by atoms with Gasteiger partial charge < -0.3 is 9.42 Å². The summed E-state index contributed by atoms with van der Waals surface area (Å²) in [7, 11) is 0. The molecule has 0 N–H and O–H groups in total. The van der Waals surface area contributed by atoms with E-state index >= 15 is 0 Å². The molecule has 0 aromatic carbocycles. The van der Waals surface area contributed by atoms with Crippen molar-refractivity contribution in [3.63, 3.8) is 0 Å². The Morgan fingerprint density at radius 1 is 1.35 bits per heavy atom. The van der Waals surface area contributed by atoms with Crippen molar-refractivity contribution in [1.82, 2.24) is 19.9 Å². The average Bonchev–Trinajstić information content (AvgIpc) is 2.92. The first-order chi connectivity index (χ1) is 10.9. The number of hydrogen-bond acceptors (Lipinski definition) is 5. The summed E-state index contributed by atoms with van der Waals surface area (Å²) < 4.78 is 31.6. The van der Waals surface area contributed by atoms with Crippen molar-refractivity contribution in [1.29, 1.82) is 0 Å². The zero-order valence-electron chi connectivity index (χ0n) is 13.3. The van der Waals surface area contributed by atoms with E-state index in [-0.39, 0.29) is 37.8 Å². The van der Waals surface area contributed by atoms with Crippen LogP contribution < -0.4 is 0 Å². The molecule has 0 saturated carbocycles. The molecule has 2 aliphatic rings. The highest BCUT2D eigenvalue weighted by Crippen LogP contribution is 2.29. The third-order valence-electron chi connectivity index (χ3n) is 4.59. The van der Waals surface area contributed by atoms with Crippen LogP contribution in [0, 0.1) is 12.8 Å². The summed E-state index contributed by atoms with van der Waals surface area (Å²) >= 11 is 0. The molecule has 1 aromatic heterocycles. The van der Waals surface area contributed by atoms with Gasteiger partial charge in [-0.25, -0.2) is 8.78 Å². The van der Waals surface area contributed by atoms with Crippen molar-refractivity contribution in [2.75, 3.05) is 26.2 Å². The highest BCUT2D eigenvalue weighted by molar-refractivity contribution is 5.79. The molecule has 8 heteroatoms. The summed E-state index contributed by atoms with van der Waals surface area (Å²) in [5.41, 5.74) is 0. The molecule has 23 heavy (non-hydrogen) atoms. The molecule has 0 aliphatic carbocycles. The van der Waals surface area contributed by atoms with Gasteiger partial charge in [-0.2, -0.15) is 4.98 Å². The maximum Gasteiger partial charge on any atom is 0.251 e. The Hall–Kier alpha value is -1.57. The number of aromatic nitrogens is 2. The Labute approximate surface area is 133 Å². The Kier molecular flexibility index (Phi) is 4.61. The van der Waals surface area contributed by atoms with Gasteiger partial charge in [0.2, 0.25) is 11.8 Å². The summed E-state index contributed by atoms with van der Waals surface area (Å²) in [6, 6.07) is 0. The van der Waals surface area contributed by atoms with Crippen molar-refractivity contribution >= 4 is 5.91 Å². The second-order valence-corrected chi connectivity index (χ2v) is 6.49. The molecule has 3 heterocycles. The summed E-state index contributed by atoms with van der Waals surface area (Å²) in [6.07, 6.45) is 1.27. The molecule has 1 unspecified atom stereocenters. The molecule has 2 saturated heterocycles. The molecule has 2 fully saturated rings. The van der Waals surface area contributed by atoms with E-state index in [9.17, 15) is 13.6 Å². The standard InChI is InChI=1S/C15H22F2N4O2/c1-11-18-13(23-19-11)10-20-6-2-3-12(9-20)14(22)21-7-4-15(16,17)5-8-21/h12H,2-10H2,1H3. The predicted molar refractivity (Wildman–Crippen MR) is 77.8 cm³/mol. The molecule has 1 amide bonds. The van der Waals surface area contributed by atoms with Crippen molar-refractivity contribution in [3.8, 4) is 0 Å². The fourth-order valence-corrected chi connectivity index (χ4v) is 3.31. The molecular formula is C15H22F2N4O2. The van der Waals surface area contributed by atoms with Gasteiger partial charge in [-0.15, -0.1) is 0 Å². The van der Waals surface area contributed by atoms with Gasteiger partial charge in [-0.3, -0.25) is 9.69 Å². The van der Waals surface area contributed by atoms with Crippen LogP contribution in [0.5, 0.6) is 0 Å². The van der Waals surface area contributed by atoms with Crippen LogP contribution in [0.4, 0.5) is 8.78 Å². The van der Waals surface area contributed by atoms with E-state index in [2.05, 4.69) is 15.0 Å². The van der Waals surface area contributed by atoms with E-state index in [1.54, 1.807) is 11.8 Å². The van der Waals surface area contributed by atoms with E-state index in [0.717, 1.165) is 19.4 Å². The first-order valence-electron chi connectivity index (χ1n) is 8.11. The molecule has 1 aromatic rings. The number of rotatable bonds is 3. The number of alkyl halides is 2. The van der Waals surface area contributed by atoms with E-state index in [1.165, 1.54) is 0 Å². The molecule has 3 rings (SSSR count). The van der Waals surface area contributed by atoms with Crippen LogP contribution in [0.1, 0.15) is 37.4 Å². The second-order valence-electron chi connectivity index (χ2n) is 6.49. The van der Waals surface area contributed by atoms with Crippen molar-refractivity contribution in [2.45, 2.75) is 45.1 Å². The number of nitrogens with zero attached hydrogens (tertiary/aromatic N) is 4. The first-order valence-corrected chi connectivity index (χ1v) is 8.11. The lowest BCUT2D eigenvalue weighted by atomic mass is 9.95. The van der Waals surface area contributed by atoms with Gasteiger partial charge in [-0.1, -0.05) is 5.16 Å². The fourth-order valence-electron chi connectivity index (χ4n) is 3.31. The van der Waals surface area contributed by atoms with Crippen LogP contribution in [0.2, 0.25) is 0 Å². The summed E-state index contributed by atoms with van der Waals surface area (Å²) in [5.74, 6) is -1.59. The Balaban J connectivity index is 1.54. The van der Waals surface area contributed by atoms with Gasteiger partial charge in [0, 0.05) is 32.5 Å². The van der Waals surface area contributed by atoms with Gasteiger partial charge in [0.1, 0.15) is 0 Å². The molecule has 0 bridgehead atoms. The molecule has 2 aliphatic heterocycles. The number of aryl methyl sites for hydroxylation is 1. The average molecular weight is 328 g/mol. The van der Waals surface area contributed by atoms with Gasteiger partial charge in [-0.05, 0) is 26.3 Å². The Morgan fingerprint density at radius 2 is 2.09 bits per heavy atom. The third-order valence-corrected chi connectivity index (χ3v) is 4.59. The Morgan fingerprint density at radius 3 is 2.74 bits per heavy atom. The van der Waals surface area contributed by atoms with Gasteiger partial charge in [0.05, 0.1) is 12.5 Å². The fraction of sp³-hybridized carbons (Fsp3) is 0.800. The molecule has 0 radical (unpaired) electrons. The SMILES string of the molecule is Cc1noc(CN2CCCC(C(=O)N3CCC(F)(F)CC3)C2)n1. The molecule has 6 nitrogen and oxygen atoms in total. The number of amides is 1. The minimum absolute atomic E-state index is 0.00640. The predicted octanol–water partition coefficient (Wildman–Crippen LogP) is 1.85. The van der Waals surface area contributed by atoms with E-state index in [0.29, 0.717) is 24.8 Å². The van der Waals surface area contributed by atoms with Crippen molar-refractivity contribution in [3.05, 3.63) is 11.7 Å². The quantitative estimate of drug-likeness (QED) is 0.847. The molecule has 0 spiro atoms. The number of carbonyl (C=O) groups excluding carboxylic acids is 1. The van der Waals surface area contributed by atoms with Gasteiger partial charge >= 0.3 is 0 Å². The highest BCUT2D eigenvalue weighted by atomic mass is 19.3. The van der Waals surface area contributed by atoms with E-state index in [4.69, 9.17) is 4.52 Å². The molecule has 128 valence electrons. The van der Waals surface area contributed by atoms with Crippen LogP contribution >= 0.6 is 0 Å². The first kappa shape index (κ1) is 16.3. The largest absolute Gasteiger partial charge is 0.342 e. The van der Waals surface area contributed by atoms with Crippen LogP contribution in [0.3, 0.4) is 0 Å². The molecule has 1 atom stereocenters. The topological polar surface area (TPSA) is 62.5 Å². The lowest BCUT2D eigenvalue weighted by Crippen LogP contribution is -2.48. The Bertz CT molecular complexity index is 553. The summed E-state index contributed by atoms with van der Waals surface area (Å²) in [6.45, 7) is 4.11. The van der Waals surface area contributed by atoms with E-state index < -0.39 is 5.92 Å². The number of piperidine rings is 2. The van der Waals surface area contributed by atoms with Crippen LogP contribution in [0.25, 0.3) is 0 Å². The maximum atomic E-state index is 13.2. The minimum atomic E-state index is -2.62. The number of halogens is 2. The smallest absolute Gasteiger partial charge is 0.251 e. The highest BCUT2D eigenvalue weighted by Gasteiger charge is 2.38. The monoisotopic (exact) mass is 328 g/mol. The number of carbonyl (C=O) groups is 1. The lowest BCUT2D eigenvalue weighted by molar-refractivity contribution is -0.143. The van der Waals surface area contributed by atoms with Crippen LogP contribution in [-0.2, 0) is 11.3 Å². The van der Waals surface area contributed by atoms with E-state index in [1.807, 2.05) is 0 Å². The second kappa shape index (κ2) is 6.51. The van der Waals surface area contributed by atoms with Gasteiger partial charge in [0.15, 0.2) is 5.82 Å². The zero-order chi connectivity index (χ0) is 16.4. The number of hydrogen-bond donors (Lipinski definition) is 0. The molecular weight excluding hydrogens is 306 g/mol. The maximum absolute atomic E-state index is 13.2. The van der Waals surface area contributed by atoms with Crippen molar-refractivity contribution in [2.24, 2.45) is 5.92 Å². The lowest BCUT2D eigenvalue weighted by Gasteiger charge is -2.37.